The lowest BCUT2D eigenvalue weighted by atomic mass is 10.0. The highest BCUT2D eigenvalue weighted by Gasteiger charge is 2.30. The molecule has 1 fully saturated rings. The van der Waals surface area contributed by atoms with Crippen molar-refractivity contribution in [3.63, 3.8) is 0 Å². The van der Waals surface area contributed by atoms with Crippen LogP contribution in [0.5, 0.6) is 0 Å². The highest BCUT2D eigenvalue weighted by molar-refractivity contribution is 5.75. The van der Waals surface area contributed by atoms with Gasteiger partial charge in [0.1, 0.15) is 11.6 Å². The standard InChI is InChI=1S/C14H28N2O2/c1-11(13(17)18-14(2,3)4)16-9-7-8-12(10-16)15(5)6/h11-12H,7-10H2,1-6H3. The minimum absolute atomic E-state index is 0.109. The number of piperidine rings is 1. The van der Waals surface area contributed by atoms with Crippen LogP contribution in [0.25, 0.3) is 0 Å². The maximum Gasteiger partial charge on any atom is 0.323 e. The highest BCUT2D eigenvalue weighted by Crippen LogP contribution is 2.18. The summed E-state index contributed by atoms with van der Waals surface area (Å²) in [5.74, 6) is -0.109. The van der Waals surface area contributed by atoms with Gasteiger partial charge in [-0.2, -0.15) is 0 Å². The van der Waals surface area contributed by atoms with E-state index < -0.39 is 5.60 Å². The average molecular weight is 256 g/mol. The van der Waals surface area contributed by atoms with E-state index in [-0.39, 0.29) is 12.0 Å². The third-order valence-corrected chi connectivity index (χ3v) is 3.45. The zero-order valence-corrected chi connectivity index (χ0v) is 12.7. The van der Waals surface area contributed by atoms with Crippen LogP contribution in [0.15, 0.2) is 0 Å². The zero-order valence-electron chi connectivity index (χ0n) is 12.7. The quantitative estimate of drug-likeness (QED) is 0.720. The summed E-state index contributed by atoms with van der Waals surface area (Å²) < 4.78 is 5.45. The summed E-state index contributed by atoms with van der Waals surface area (Å²) >= 11 is 0. The number of carbonyl (C=O) groups is 1. The summed E-state index contributed by atoms with van der Waals surface area (Å²) in [4.78, 5) is 16.5. The van der Waals surface area contributed by atoms with Crippen molar-refractivity contribution < 1.29 is 9.53 Å². The predicted octanol–water partition coefficient (Wildman–Crippen LogP) is 1.74. The van der Waals surface area contributed by atoms with Crippen LogP contribution in [0.3, 0.4) is 0 Å². The summed E-state index contributed by atoms with van der Waals surface area (Å²) in [6.45, 7) is 9.63. The Morgan fingerprint density at radius 2 is 2.00 bits per heavy atom. The second kappa shape index (κ2) is 6.02. The maximum atomic E-state index is 12.1. The second-order valence-corrected chi connectivity index (χ2v) is 6.46. The molecule has 0 aliphatic carbocycles. The van der Waals surface area contributed by atoms with Crippen molar-refractivity contribution in [2.75, 3.05) is 27.2 Å². The lowest BCUT2D eigenvalue weighted by Crippen LogP contribution is -2.51. The molecule has 0 aromatic rings. The maximum absolute atomic E-state index is 12.1. The van der Waals surface area contributed by atoms with Crippen LogP contribution in [0.1, 0.15) is 40.5 Å². The molecule has 0 aromatic carbocycles. The van der Waals surface area contributed by atoms with Crippen LogP contribution in [-0.2, 0) is 9.53 Å². The monoisotopic (exact) mass is 256 g/mol. The Morgan fingerprint density at radius 1 is 1.39 bits per heavy atom. The molecule has 0 aromatic heterocycles. The number of hydrogen-bond acceptors (Lipinski definition) is 4. The first-order valence-electron chi connectivity index (χ1n) is 6.84. The fourth-order valence-electron chi connectivity index (χ4n) is 2.29. The van der Waals surface area contributed by atoms with Crippen LogP contribution < -0.4 is 0 Å². The van der Waals surface area contributed by atoms with Gasteiger partial charge in [-0.3, -0.25) is 9.69 Å². The number of nitrogens with zero attached hydrogens (tertiary/aromatic N) is 2. The van der Waals surface area contributed by atoms with Gasteiger partial charge in [0.2, 0.25) is 0 Å². The van der Waals surface area contributed by atoms with E-state index >= 15 is 0 Å². The van der Waals surface area contributed by atoms with Crippen molar-refractivity contribution >= 4 is 5.97 Å². The van der Waals surface area contributed by atoms with Gasteiger partial charge in [-0.05, 0) is 61.2 Å². The number of rotatable bonds is 3. The van der Waals surface area contributed by atoms with Crippen LogP contribution in [-0.4, -0.2) is 60.6 Å². The third kappa shape index (κ3) is 4.58. The number of esters is 1. The summed E-state index contributed by atoms with van der Waals surface area (Å²) in [6.07, 6.45) is 2.36. The molecule has 0 spiro atoms. The molecule has 1 saturated heterocycles. The summed E-state index contributed by atoms with van der Waals surface area (Å²) in [5.41, 5.74) is -0.401. The number of likely N-dealkylation sites (tertiary alicyclic amines) is 1. The minimum atomic E-state index is -0.401. The first-order chi connectivity index (χ1) is 8.20. The molecular weight excluding hydrogens is 228 g/mol. The molecule has 1 aliphatic rings. The van der Waals surface area contributed by atoms with Gasteiger partial charge in [0, 0.05) is 12.6 Å². The number of carbonyl (C=O) groups excluding carboxylic acids is 1. The van der Waals surface area contributed by atoms with Crippen molar-refractivity contribution in [2.45, 2.75) is 58.2 Å². The van der Waals surface area contributed by atoms with E-state index in [2.05, 4.69) is 23.9 Å². The van der Waals surface area contributed by atoms with Gasteiger partial charge < -0.3 is 9.64 Å². The van der Waals surface area contributed by atoms with Gasteiger partial charge in [0.25, 0.3) is 0 Å². The Kier molecular flexibility index (Phi) is 5.17. The molecule has 106 valence electrons. The normalized spacial score (nSPS) is 24.1. The average Bonchev–Trinajstić information content (AvgIpc) is 2.26. The van der Waals surface area contributed by atoms with Crippen LogP contribution >= 0.6 is 0 Å². The van der Waals surface area contributed by atoms with Gasteiger partial charge in [-0.25, -0.2) is 0 Å². The van der Waals surface area contributed by atoms with Crippen molar-refractivity contribution in [1.82, 2.24) is 9.80 Å². The van der Waals surface area contributed by atoms with Gasteiger partial charge in [0.15, 0.2) is 0 Å². The van der Waals surface area contributed by atoms with E-state index in [0.717, 1.165) is 19.5 Å². The Labute approximate surface area is 111 Å². The third-order valence-electron chi connectivity index (χ3n) is 3.45. The molecule has 2 unspecified atom stereocenters. The molecule has 1 rings (SSSR count). The van der Waals surface area contributed by atoms with Crippen LogP contribution in [0.2, 0.25) is 0 Å². The van der Waals surface area contributed by atoms with Gasteiger partial charge in [0.05, 0.1) is 0 Å². The fourth-order valence-corrected chi connectivity index (χ4v) is 2.29. The summed E-state index contributed by atoms with van der Waals surface area (Å²) in [6, 6.07) is 0.399. The molecule has 4 heteroatoms. The zero-order chi connectivity index (χ0) is 13.9. The lowest BCUT2D eigenvalue weighted by Gasteiger charge is -2.39. The van der Waals surface area contributed by atoms with Crippen molar-refractivity contribution in [2.24, 2.45) is 0 Å². The van der Waals surface area contributed by atoms with E-state index in [4.69, 9.17) is 4.74 Å². The molecular formula is C14H28N2O2. The second-order valence-electron chi connectivity index (χ2n) is 6.46. The topological polar surface area (TPSA) is 32.8 Å². The van der Waals surface area contributed by atoms with Crippen LogP contribution in [0, 0.1) is 0 Å². The Bertz CT molecular complexity index is 284. The molecule has 2 atom stereocenters. The Balaban J connectivity index is 2.55. The Morgan fingerprint density at radius 3 is 2.50 bits per heavy atom. The highest BCUT2D eigenvalue weighted by atomic mass is 16.6. The van der Waals surface area contributed by atoms with Crippen LogP contribution in [0.4, 0.5) is 0 Å². The first kappa shape index (κ1) is 15.4. The van der Waals surface area contributed by atoms with Crippen molar-refractivity contribution in [3.05, 3.63) is 0 Å². The minimum Gasteiger partial charge on any atom is -0.459 e. The van der Waals surface area contributed by atoms with Crippen molar-refractivity contribution in [1.29, 1.82) is 0 Å². The Hall–Kier alpha value is -0.610. The molecule has 4 nitrogen and oxygen atoms in total. The van der Waals surface area contributed by atoms with Crippen molar-refractivity contribution in [3.8, 4) is 0 Å². The van der Waals surface area contributed by atoms with E-state index in [1.54, 1.807) is 0 Å². The largest absolute Gasteiger partial charge is 0.459 e. The molecule has 1 aliphatic heterocycles. The summed E-state index contributed by atoms with van der Waals surface area (Å²) in [7, 11) is 4.21. The molecule has 1 heterocycles. The lowest BCUT2D eigenvalue weighted by molar-refractivity contribution is -0.161. The van der Waals surface area contributed by atoms with E-state index in [1.165, 1.54) is 6.42 Å². The van der Waals surface area contributed by atoms with Gasteiger partial charge in [-0.1, -0.05) is 0 Å². The molecule has 0 amide bonds. The molecule has 0 N–H and O–H groups in total. The van der Waals surface area contributed by atoms with Gasteiger partial charge in [-0.15, -0.1) is 0 Å². The molecule has 0 saturated carbocycles. The number of ether oxygens (including phenoxy) is 1. The number of hydrogen-bond donors (Lipinski definition) is 0. The van der Waals surface area contributed by atoms with Gasteiger partial charge >= 0.3 is 5.97 Å². The molecule has 0 bridgehead atoms. The predicted molar refractivity (Wildman–Crippen MR) is 73.6 cm³/mol. The SMILES string of the molecule is CC(C(=O)OC(C)(C)C)N1CCCC(N(C)C)C1. The molecule has 0 radical (unpaired) electrons. The fraction of sp³-hybridized carbons (Fsp3) is 0.929. The summed E-state index contributed by atoms with van der Waals surface area (Å²) in [5, 5.41) is 0. The first-order valence-corrected chi connectivity index (χ1v) is 6.84. The van der Waals surface area contributed by atoms with E-state index in [0.29, 0.717) is 6.04 Å². The van der Waals surface area contributed by atoms with E-state index in [9.17, 15) is 4.79 Å². The van der Waals surface area contributed by atoms with E-state index in [1.807, 2.05) is 27.7 Å². The smallest absolute Gasteiger partial charge is 0.323 e. The molecule has 18 heavy (non-hydrogen) atoms. The number of likely N-dealkylation sites (N-methyl/N-ethyl adjacent to an activating group) is 1.